The highest BCUT2D eigenvalue weighted by Gasteiger charge is 2.37. The van der Waals surface area contributed by atoms with E-state index in [2.05, 4.69) is 4.98 Å². The molecule has 1 aliphatic heterocycles. The van der Waals surface area contributed by atoms with Gasteiger partial charge in [-0.2, -0.15) is 13.2 Å². The third-order valence-corrected chi connectivity index (χ3v) is 4.33. The Morgan fingerprint density at radius 2 is 1.83 bits per heavy atom. The molecule has 0 spiro atoms. The van der Waals surface area contributed by atoms with E-state index in [9.17, 15) is 13.2 Å². The van der Waals surface area contributed by atoms with E-state index in [1.165, 1.54) is 12.3 Å². The molecule has 0 aliphatic carbocycles. The highest BCUT2D eigenvalue weighted by atomic mass is 19.4. The maximum atomic E-state index is 13.3. The molecule has 0 N–H and O–H groups in total. The van der Waals surface area contributed by atoms with Crippen molar-refractivity contribution >= 4 is 5.82 Å². The lowest BCUT2D eigenvalue weighted by Gasteiger charge is -2.38. The summed E-state index contributed by atoms with van der Waals surface area (Å²) in [4.78, 5) is 5.88. The minimum atomic E-state index is -4.39. The molecule has 1 saturated heterocycles. The van der Waals surface area contributed by atoms with Gasteiger partial charge in [0.25, 0.3) is 0 Å². The molecule has 5 heteroatoms. The number of aromatic nitrogens is 1. The predicted octanol–water partition coefficient (Wildman–Crippen LogP) is 5.14. The molecular formula is C18H19F3N2. The van der Waals surface area contributed by atoms with Gasteiger partial charge < -0.3 is 4.90 Å². The van der Waals surface area contributed by atoms with Crippen molar-refractivity contribution in [1.82, 2.24) is 4.98 Å². The molecule has 1 aliphatic rings. The highest BCUT2D eigenvalue weighted by molar-refractivity contribution is 5.51. The lowest BCUT2D eigenvalue weighted by Crippen LogP contribution is -2.35. The molecular weight excluding hydrogens is 301 g/mol. The molecule has 0 bridgehead atoms. The summed E-state index contributed by atoms with van der Waals surface area (Å²) in [7, 11) is 0. The second-order valence-corrected chi connectivity index (χ2v) is 5.99. The number of benzene rings is 1. The van der Waals surface area contributed by atoms with Crippen LogP contribution < -0.4 is 4.90 Å². The van der Waals surface area contributed by atoms with Crippen LogP contribution in [-0.2, 0) is 6.18 Å². The van der Waals surface area contributed by atoms with Crippen molar-refractivity contribution in [3.8, 4) is 0 Å². The Morgan fingerprint density at radius 3 is 2.52 bits per heavy atom. The van der Waals surface area contributed by atoms with Crippen LogP contribution >= 0.6 is 0 Å². The summed E-state index contributed by atoms with van der Waals surface area (Å²) in [6.07, 6.45) is -0.208. The molecule has 2 nitrogen and oxygen atoms in total. The Bertz CT molecular complexity index is 665. The Morgan fingerprint density at radius 1 is 1.09 bits per heavy atom. The van der Waals surface area contributed by atoms with E-state index < -0.39 is 11.7 Å². The van der Waals surface area contributed by atoms with Crippen molar-refractivity contribution in [2.24, 2.45) is 0 Å². The summed E-state index contributed by atoms with van der Waals surface area (Å²) < 4.78 is 40.0. The van der Waals surface area contributed by atoms with Gasteiger partial charge in [0.15, 0.2) is 0 Å². The third kappa shape index (κ3) is 3.33. The van der Waals surface area contributed by atoms with Gasteiger partial charge in [0.1, 0.15) is 5.82 Å². The van der Waals surface area contributed by atoms with Gasteiger partial charge >= 0.3 is 6.18 Å². The number of piperidine rings is 1. The first-order valence-corrected chi connectivity index (χ1v) is 7.82. The summed E-state index contributed by atoms with van der Waals surface area (Å²) in [5.74, 6) is 0.0466. The number of nitrogens with zero attached hydrogens (tertiary/aromatic N) is 2. The van der Waals surface area contributed by atoms with E-state index in [1.807, 2.05) is 36.1 Å². The number of hydrogen-bond donors (Lipinski definition) is 0. The molecule has 23 heavy (non-hydrogen) atoms. The zero-order valence-electron chi connectivity index (χ0n) is 13.0. The second-order valence-electron chi connectivity index (χ2n) is 5.99. The van der Waals surface area contributed by atoms with Crippen molar-refractivity contribution in [3.05, 3.63) is 59.3 Å². The molecule has 1 atom stereocenters. The monoisotopic (exact) mass is 320 g/mol. The molecule has 1 aromatic carbocycles. The van der Waals surface area contributed by atoms with E-state index in [0.717, 1.165) is 36.5 Å². The zero-order valence-corrected chi connectivity index (χ0v) is 13.0. The van der Waals surface area contributed by atoms with Gasteiger partial charge in [-0.25, -0.2) is 4.98 Å². The van der Waals surface area contributed by atoms with Crippen LogP contribution in [0, 0.1) is 6.92 Å². The first-order valence-electron chi connectivity index (χ1n) is 7.82. The lowest BCUT2D eigenvalue weighted by atomic mass is 9.94. The van der Waals surface area contributed by atoms with Crippen LogP contribution in [0.5, 0.6) is 0 Å². The topological polar surface area (TPSA) is 16.1 Å². The van der Waals surface area contributed by atoms with Crippen molar-refractivity contribution in [2.45, 2.75) is 38.4 Å². The van der Waals surface area contributed by atoms with Crippen LogP contribution in [0.2, 0.25) is 0 Å². The van der Waals surface area contributed by atoms with E-state index in [4.69, 9.17) is 0 Å². The summed E-state index contributed by atoms with van der Waals surface area (Å²) in [6, 6.07) is 10.4. The van der Waals surface area contributed by atoms with Gasteiger partial charge in [-0.15, -0.1) is 0 Å². The number of hydrogen-bond acceptors (Lipinski definition) is 2. The van der Waals surface area contributed by atoms with Gasteiger partial charge in [-0.1, -0.05) is 29.8 Å². The van der Waals surface area contributed by atoms with Crippen LogP contribution in [0.25, 0.3) is 0 Å². The Kier molecular flexibility index (Phi) is 4.28. The summed E-state index contributed by atoms with van der Waals surface area (Å²) in [5.41, 5.74) is 1.54. The SMILES string of the molecule is Cc1ccc(C2CCCCN2c2ncccc2C(F)(F)F)cc1. The van der Waals surface area contributed by atoms with E-state index >= 15 is 0 Å². The molecule has 2 heterocycles. The van der Waals surface area contributed by atoms with Crippen LogP contribution in [0.1, 0.15) is 42.0 Å². The molecule has 0 saturated carbocycles. The molecule has 0 amide bonds. The average molecular weight is 320 g/mol. The molecule has 1 unspecified atom stereocenters. The Balaban J connectivity index is 2.01. The van der Waals surface area contributed by atoms with Crippen molar-refractivity contribution in [1.29, 1.82) is 0 Å². The van der Waals surface area contributed by atoms with Crippen molar-refractivity contribution < 1.29 is 13.2 Å². The zero-order chi connectivity index (χ0) is 16.4. The Hall–Kier alpha value is -2.04. The van der Waals surface area contributed by atoms with Crippen molar-refractivity contribution in [2.75, 3.05) is 11.4 Å². The largest absolute Gasteiger partial charge is 0.419 e. The maximum absolute atomic E-state index is 13.3. The summed E-state index contributed by atoms with van der Waals surface area (Å²) in [5, 5.41) is 0. The molecule has 122 valence electrons. The van der Waals surface area contributed by atoms with Gasteiger partial charge in [0.05, 0.1) is 11.6 Å². The lowest BCUT2D eigenvalue weighted by molar-refractivity contribution is -0.137. The standard InChI is InChI=1S/C18H19F3N2/c1-13-7-9-14(10-8-13)16-6-2-3-12-23(16)17-15(18(19,20)21)5-4-11-22-17/h4-5,7-11,16H,2-3,6,12H2,1H3. The molecule has 1 aromatic heterocycles. The quantitative estimate of drug-likeness (QED) is 0.761. The highest BCUT2D eigenvalue weighted by Crippen LogP contribution is 2.40. The molecule has 1 fully saturated rings. The minimum absolute atomic E-state index is 0.0466. The second kappa shape index (κ2) is 6.22. The fourth-order valence-corrected chi connectivity index (χ4v) is 3.17. The van der Waals surface area contributed by atoms with Crippen LogP contribution in [0.15, 0.2) is 42.6 Å². The van der Waals surface area contributed by atoms with E-state index in [1.54, 1.807) is 0 Å². The van der Waals surface area contributed by atoms with Gasteiger partial charge in [0.2, 0.25) is 0 Å². The third-order valence-electron chi connectivity index (χ3n) is 4.33. The number of alkyl halides is 3. The smallest absolute Gasteiger partial charge is 0.349 e. The first-order chi connectivity index (χ1) is 11.0. The normalized spacial score (nSPS) is 19.0. The predicted molar refractivity (Wildman–Crippen MR) is 84.4 cm³/mol. The van der Waals surface area contributed by atoms with Gasteiger partial charge in [-0.05, 0) is 43.9 Å². The summed E-state index contributed by atoms with van der Waals surface area (Å²) in [6.45, 7) is 2.60. The van der Waals surface area contributed by atoms with Gasteiger partial charge in [-0.3, -0.25) is 0 Å². The number of rotatable bonds is 2. The van der Waals surface area contributed by atoms with Crippen LogP contribution in [-0.4, -0.2) is 11.5 Å². The van der Waals surface area contributed by atoms with Crippen LogP contribution in [0.4, 0.5) is 19.0 Å². The van der Waals surface area contributed by atoms with Crippen LogP contribution in [0.3, 0.4) is 0 Å². The Labute approximate surface area is 134 Å². The van der Waals surface area contributed by atoms with Crippen molar-refractivity contribution in [3.63, 3.8) is 0 Å². The summed E-state index contributed by atoms with van der Waals surface area (Å²) >= 11 is 0. The number of aryl methyl sites for hydroxylation is 1. The average Bonchev–Trinajstić information content (AvgIpc) is 2.55. The van der Waals surface area contributed by atoms with E-state index in [-0.39, 0.29) is 11.9 Å². The first kappa shape index (κ1) is 15.8. The molecule has 0 radical (unpaired) electrons. The molecule has 2 aromatic rings. The van der Waals surface area contributed by atoms with E-state index in [0.29, 0.717) is 6.54 Å². The minimum Gasteiger partial charge on any atom is -0.349 e. The molecule has 3 rings (SSSR count). The fourth-order valence-electron chi connectivity index (χ4n) is 3.17. The van der Waals surface area contributed by atoms with Gasteiger partial charge in [0, 0.05) is 12.7 Å². The maximum Gasteiger partial charge on any atom is 0.419 e. The number of pyridine rings is 1. The fraction of sp³-hybridized carbons (Fsp3) is 0.389. The number of anilines is 1. The number of halogens is 3.